The molecular formula is C23H24BrN5O2. The van der Waals surface area contributed by atoms with Crippen molar-refractivity contribution in [1.29, 1.82) is 0 Å². The van der Waals surface area contributed by atoms with Crippen molar-refractivity contribution in [2.24, 2.45) is 17.2 Å². The van der Waals surface area contributed by atoms with E-state index in [2.05, 4.69) is 31.3 Å². The van der Waals surface area contributed by atoms with Gasteiger partial charge in [-0.25, -0.2) is 4.99 Å². The third kappa shape index (κ3) is 3.64. The zero-order valence-electron chi connectivity index (χ0n) is 17.3. The van der Waals surface area contributed by atoms with E-state index in [1.165, 1.54) is 0 Å². The summed E-state index contributed by atoms with van der Waals surface area (Å²) in [5.74, 6) is 0.155. The van der Waals surface area contributed by atoms with Gasteiger partial charge in [-0.05, 0) is 28.1 Å². The number of aromatic hydroxyl groups is 1. The van der Waals surface area contributed by atoms with E-state index in [9.17, 15) is 5.11 Å². The van der Waals surface area contributed by atoms with Crippen LogP contribution in [0.5, 0.6) is 5.88 Å². The topological polar surface area (TPSA) is 74.4 Å². The molecule has 0 saturated carbocycles. The Balaban J connectivity index is 1.50. The van der Waals surface area contributed by atoms with Crippen molar-refractivity contribution in [2.45, 2.75) is 0 Å². The molecule has 0 spiro atoms. The maximum atomic E-state index is 11.0. The number of oxime groups is 1. The molecule has 0 aliphatic carbocycles. The molecule has 160 valence electrons. The predicted octanol–water partition coefficient (Wildman–Crippen LogP) is 3.41. The number of aliphatic imine (C=N–C) groups is 1. The smallest absolute Gasteiger partial charge is 0.201 e. The van der Waals surface area contributed by atoms with E-state index >= 15 is 0 Å². The van der Waals surface area contributed by atoms with Gasteiger partial charge in [-0.1, -0.05) is 35.5 Å². The van der Waals surface area contributed by atoms with Gasteiger partial charge in [0.25, 0.3) is 0 Å². The van der Waals surface area contributed by atoms with Crippen LogP contribution in [0, 0.1) is 0 Å². The molecule has 1 fully saturated rings. The number of hydrogen-bond acceptors (Lipinski definition) is 6. The van der Waals surface area contributed by atoms with Gasteiger partial charge in [0.2, 0.25) is 5.88 Å². The van der Waals surface area contributed by atoms with Crippen molar-refractivity contribution in [3.05, 3.63) is 58.1 Å². The standard InChI is InChI=1S/C23H24BrN5O2/c1-28-22-16(6-4-7-17(22)24)19(23(28)30)21-20(15-5-2-3-8-18(15)26-21)27-31-14-13-29-11-9-25-10-12-29/h2-8,25,30H,9-14H2,1H3/b27-20+. The molecule has 5 rings (SSSR count). The van der Waals surface area contributed by atoms with E-state index in [1.807, 2.05) is 49.5 Å². The Morgan fingerprint density at radius 3 is 2.81 bits per heavy atom. The second kappa shape index (κ2) is 8.45. The van der Waals surface area contributed by atoms with Crippen molar-refractivity contribution >= 4 is 43.9 Å². The van der Waals surface area contributed by atoms with E-state index in [-0.39, 0.29) is 5.88 Å². The second-order valence-corrected chi connectivity index (χ2v) is 8.59. The van der Waals surface area contributed by atoms with Crippen molar-refractivity contribution in [1.82, 2.24) is 14.8 Å². The summed E-state index contributed by atoms with van der Waals surface area (Å²) in [5, 5.41) is 19.8. The molecule has 31 heavy (non-hydrogen) atoms. The Bertz CT molecular complexity index is 1190. The number of para-hydroxylation sites is 2. The van der Waals surface area contributed by atoms with Crippen LogP contribution in [0.25, 0.3) is 10.9 Å². The van der Waals surface area contributed by atoms with Gasteiger partial charge in [-0.15, -0.1) is 0 Å². The molecule has 2 aliphatic heterocycles. The summed E-state index contributed by atoms with van der Waals surface area (Å²) in [6, 6.07) is 13.8. The Labute approximate surface area is 189 Å². The number of aromatic nitrogens is 1. The van der Waals surface area contributed by atoms with Gasteiger partial charge >= 0.3 is 0 Å². The number of piperazine rings is 1. The third-order valence-corrected chi connectivity index (χ3v) is 6.49. The lowest BCUT2D eigenvalue weighted by Crippen LogP contribution is -2.44. The summed E-state index contributed by atoms with van der Waals surface area (Å²) in [6.45, 7) is 5.40. The molecule has 0 bridgehead atoms. The molecule has 0 radical (unpaired) electrons. The number of aryl methyl sites for hydroxylation is 1. The predicted molar refractivity (Wildman–Crippen MR) is 127 cm³/mol. The quantitative estimate of drug-likeness (QED) is 0.432. The highest BCUT2D eigenvalue weighted by Gasteiger charge is 2.30. The van der Waals surface area contributed by atoms with Gasteiger partial charge in [-0.3, -0.25) is 4.90 Å². The van der Waals surface area contributed by atoms with Crippen LogP contribution < -0.4 is 5.32 Å². The first-order chi connectivity index (χ1) is 15.1. The molecule has 3 aromatic rings. The van der Waals surface area contributed by atoms with Gasteiger partial charge in [0.1, 0.15) is 18.0 Å². The SMILES string of the molecule is Cn1c(O)c(C2=Nc3ccccc3/C2=N\OCCN2CCNCC2)c2cccc(Br)c21. The lowest BCUT2D eigenvalue weighted by Gasteiger charge is -2.26. The lowest BCUT2D eigenvalue weighted by molar-refractivity contribution is 0.106. The van der Waals surface area contributed by atoms with Gasteiger partial charge in [0, 0.05) is 55.2 Å². The number of fused-ring (bicyclic) bond motifs is 2. The summed E-state index contributed by atoms with van der Waals surface area (Å²) < 4.78 is 2.68. The van der Waals surface area contributed by atoms with Crippen molar-refractivity contribution in [3.8, 4) is 5.88 Å². The molecule has 2 aliphatic rings. The summed E-state index contributed by atoms with van der Waals surface area (Å²) >= 11 is 3.60. The average molecular weight is 482 g/mol. The minimum Gasteiger partial charge on any atom is -0.494 e. The van der Waals surface area contributed by atoms with Gasteiger partial charge in [-0.2, -0.15) is 0 Å². The van der Waals surface area contributed by atoms with Crippen molar-refractivity contribution in [3.63, 3.8) is 0 Å². The lowest BCUT2D eigenvalue weighted by atomic mass is 10.0. The van der Waals surface area contributed by atoms with Crippen LogP contribution in [-0.2, 0) is 11.9 Å². The molecule has 3 heterocycles. The Morgan fingerprint density at radius 1 is 1.16 bits per heavy atom. The minimum atomic E-state index is 0.155. The van der Waals surface area contributed by atoms with Crippen LogP contribution in [0.4, 0.5) is 5.69 Å². The maximum Gasteiger partial charge on any atom is 0.201 e. The summed E-state index contributed by atoms with van der Waals surface area (Å²) in [4.78, 5) is 12.9. The molecular weight excluding hydrogens is 458 g/mol. The Morgan fingerprint density at radius 2 is 1.97 bits per heavy atom. The first-order valence-electron chi connectivity index (χ1n) is 10.4. The molecule has 2 N–H and O–H groups in total. The van der Waals surface area contributed by atoms with Crippen LogP contribution in [-0.4, -0.2) is 65.3 Å². The molecule has 0 atom stereocenters. The van der Waals surface area contributed by atoms with Crippen LogP contribution >= 0.6 is 15.9 Å². The Kier molecular flexibility index (Phi) is 5.52. The van der Waals surface area contributed by atoms with Crippen molar-refractivity contribution in [2.75, 3.05) is 39.3 Å². The minimum absolute atomic E-state index is 0.155. The van der Waals surface area contributed by atoms with E-state index in [4.69, 9.17) is 9.83 Å². The number of rotatable bonds is 5. The number of nitrogens with zero attached hydrogens (tertiary/aromatic N) is 4. The molecule has 0 unspecified atom stereocenters. The first-order valence-corrected chi connectivity index (χ1v) is 11.2. The molecule has 7 nitrogen and oxygen atoms in total. The fourth-order valence-corrected chi connectivity index (χ4v) is 4.87. The second-order valence-electron chi connectivity index (χ2n) is 7.74. The van der Waals surface area contributed by atoms with Crippen LogP contribution in [0.2, 0.25) is 0 Å². The van der Waals surface area contributed by atoms with Crippen LogP contribution in [0.15, 0.2) is 57.1 Å². The van der Waals surface area contributed by atoms with Gasteiger partial charge in [0.05, 0.1) is 16.8 Å². The number of nitrogens with one attached hydrogen (secondary N) is 1. The van der Waals surface area contributed by atoms with Gasteiger partial charge < -0.3 is 19.8 Å². The zero-order chi connectivity index (χ0) is 21.4. The van der Waals surface area contributed by atoms with E-state index < -0.39 is 0 Å². The number of halogens is 1. The maximum absolute atomic E-state index is 11.0. The molecule has 8 heteroatoms. The first kappa shape index (κ1) is 20.2. The zero-order valence-corrected chi connectivity index (χ0v) is 18.9. The highest BCUT2D eigenvalue weighted by Crippen LogP contribution is 2.39. The fraction of sp³-hybridized carbons (Fsp3) is 0.304. The average Bonchev–Trinajstić information content (AvgIpc) is 3.27. The van der Waals surface area contributed by atoms with Crippen molar-refractivity contribution < 1.29 is 9.94 Å². The highest BCUT2D eigenvalue weighted by molar-refractivity contribution is 9.10. The molecule has 1 aromatic heterocycles. The summed E-state index contributed by atoms with van der Waals surface area (Å²) in [6.07, 6.45) is 0. The normalized spacial score (nSPS) is 17.9. The van der Waals surface area contributed by atoms with E-state index in [0.717, 1.165) is 59.4 Å². The highest BCUT2D eigenvalue weighted by atomic mass is 79.9. The van der Waals surface area contributed by atoms with E-state index in [0.29, 0.717) is 23.6 Å². The van der Waals surface area contributed by atoms with Gasteiger partial charge in [0.15, 0.2) is 0 Å². The monoisotopic (exact) mass is 481 g/mol. The van der Waals surface area contributed by atoms with E-state index in [1.54, 1.807) is 4.57 Å². The number of hydrogen-bond donors (Lipinski definition) is 2. The summed E-state index contributed by atoms with van der Waals surface area (Å²) in [7, 11) is 1.84. The third-order valence-electron chi connectivity index (χ3n) is 5.85. The molecule has 0 amide bonds. The fourth-order valence-electron chi connectivity index (χ4n) is 4.24. The molecule has 1 saturated heterocycles. The largest absolute Gasteiger partial charge is 0.494 e. The summed E-state index contributed by atoms with van der Waals surface area (Å²) in [5.41, 5.74) is 4.59. The Hall–Kier alpha value is -2.68. The van der Waals surface area contributed by atoms with Crippen LogP contribution in [0.1, 0.15) is 11.1 Å². The molecule has 2 aromatic carbocycles. The number of benzene rings is 2. The van der Waals surface area contributed by atoms with Crippen LogP contribution in [0.3, 0.4) is 0 Å².